The molecule has 2 aliphatic rings. The lowest BCUT2D eigenvalue weighted by atomic mass is 10.1. The van der Waals surface area contributed by atoms with Crippen LogP contribution in [0.1, 0.15) is 32.1 Å². The van der Waals surface area contributed by atoms with E-state index in [1.165, 1.54) is 25.7 Å². The third-order valence-electron chi connectivity index (χ3n) is 3.55. The van der Waals surface area contributed by atoms with E-state index in [0.717, 1.165) is 31.0 Å². The van der Waals surface area contributed by atoms with Crippen molar-refractivity contribution in [3.8, 4) is 0 Å². The average Bonchev–Trinajstić information content (AvgIpc) is 2.60. The van der Waals surface area contributed by atoms with E-state index in [4.69, 9.17) is 5.73 Å². The largest absolute Gasteiger partial charge is 0.387 e. The second-order valence-electron chi connectivity index (χ2n) is 5.10. The molecule has 98 valence electrons. The number of aliphatic imine (C=N–C) groups is 1. The molecule has 5 heteroatoms. The van der Waals surface area contributed by atoms with Gasteiger partial charge in [0, 0.05) is 18.8 Å². The first kappa shape index (κ1) is 13.0. The average molecular weight is 257 g/mol. The zero-order chi connectivity index (χ0) is 12.1. The predicted octanol–water partition coefficient (Wildman–Crippen LogP) is 1.05. The van der Waals surface area contributed by atoms with Gasteiger partial charge in [-0.3, -0.25) is 4.99 Å². The van der Waals surface area contributed by atoms with Crippen LogP contribution in [0, 0.1) is 0 Å². The van der Waals surface area contributed by atoms with Crippen LogP contribution in [-0.4, -0.2) is 52.7 Å². The molecule has 0 spiro atoms. The minimum atomic E-state index is -0.610. The van der Waals surface area contributed by atoms with E-state index in [1.54, 1.807) is 11.8 Å². The highest BCUT2D eigenvalue weighted by Crippen LogP contribution is 2.27. The van der Waals surface area contributed by atoms with E-state index in [9.17, 15) is 5.11 Å². The molecule has 2 aliphatic heterocycles. The summed E-state index contributed by atoms with van der Waals surface area (Å²) in [4.78, 5) is 6.57. The summed E-state index contributed by atoms with van der Waals surface area (Å²) in [7, 11) is 0. The second-order valence-corrected chi connectivity index (χ2v) is 6.21. The third-order valence-corrected chi connectivity index (χ3v) is 4.78. The summed E-state index contributed by atoms with van der Waals surface area (Å²) in [6.45, 7) is 2.49. The summed E-state index contributed by atoms with van der Waals surface area (Å²) in [6, 6.07) is 0. The van der Waals surface area contributed by atoms with E-state index >= 15 is 0 Å². The molecule has 0 aromatic rings. The van der Waals surface area contributed by atoms with E-state index in [1.807, 2.05) is 0 Å². The topological polar surface area (TPSA) is 61.9 Å². The van der Waals surface area contributed by atoms with Crippen molar-refractivity contribution in [1.82, 2.24) is 4.90 Å². The molecule has 3 N–H and O–H groups in total. The van der Waals surface area contributed by atoms with E-state index < -0.39 is 5.60 Å². The Balaban J connectivity index is 1.86. The molecule has 0 bridgehead atoms. The van der Waals surface area contributed by atoms with E-state index in [2.05, 4.69) is 9.89 Å². The zero-order valence-corrected chi connectivity index (χ0v) is 11.2. The Bertz CT molecular complexity index is 269. The quantitative estimate of drug-likeness (QED) is 0.573. The van der Waals surface area contributed by atoms with E-state index in [-0.39, 0.29) is 0 Å². The number of nitrogens with two attached hydrogens (primary N) is 1. The zero-order valence-electron chi connectivity index (χ0n) is 10.4. The molecule has 2 rings (SSSR count). The summed E-state index contributed by atoms with van der Waals surface area (Å²) < 4.78 is 0. The Hall–Kier alpha value is -0.420. The van der Waals surface area contributed by atoms with Gasteiger partial charge in [0.25, 0.3) is 0 Å². The smallest absolute Gasteiger partial charge is 0.191 e. The fraction of sp³-hybridized carbons (Fsp3) is 0.917. The lowest BCUT2D eigenvalue weighted by molar-refractivity contribution is 0.0776. The Kier molecular flexibility index (Phi) is 4.56. The minimum absolute atomic E-state index is 0.461. The molecular formula is C12H23N3OS. The van der Waals surface area contributed by atoms with Gasteiger partial charge in [0.2, 0.25) is 0 Å². The second kappa shape index (κ2) is 5.96. The molecule has 1 atom stereocenters. The highest BCUT2D eigenvalue weighted by Gasteiger charge is 2.31. The number of guanidine groups is 1. The molecule has 2 heterocycles. The predicted molar refractivity (Wildman–Crippen MR) is 73.4 cm³/mol. The molecule has 0 aliphatic carbocycles. The van der Waals surface area contributed by atoms with Crippen molar-refractivity contribution in [3.05, 3.63) is 0 Å². The summed E-state index contributed by atoms with van der Waals surface area (Å²) in [5.41, 5.74) is 5.40. The number of hydrogen-bond donors (Lipinski definition) is 2. The molecule has 4 nitrogen and oxygen atoms in total. The molecule has 0 saturated carbocycles. The fourth-order valence-electron chi connectivity index (χ4n) is 2.35. The fourth-order valence-corrected chi connectivity index (χ4v) is 3.63. The molecule has 0 radical (unpaired) electrons. The third kappa shape index (κ3) is 3.78. The molecule has 17 heavy (non-hydrogen) atoms. The van der Waals surface area contributed by atoms with Crippen molar-refractivity contribution in [2.45, 2.75) is 37.7 Å². The van der Waals surface area contributed by atoms with Crippen LogP contribution in [0.3, 0.4) is 0 Å². The maximum Gasteiger partial charge on any atom is 0.191 e. The van der Waals surface area contributed by atoms with E-state index in [0.29, 0.717) is 12.5 Å². The standard InChI is InChI=1S/C12H23N3OS/c13-11(15-6-3-1-2-4-7-15)14-9-12(16)5-8-17-10-12/h16H,1-10H2,(H2,13,14). The molecule has 2 fully saturated rings. The van der Waals surface area contributed by atoms with Gasteiger partial charge in [0.15, 0.2) is 5.96 Å². The van der Waals surface area contributed by atoms with Crippen LogP contribution in [0.25, 0.3) is 0 Å². The normalized spacial score (nSPS) is 31.6. The van der Waals surface area contributed by atoms with Crippen LogP contribution in [0.5, 0.6) is 0 Å². The van der Waals surface area contributed by atoms with Crippen molar-refractivity contribution in [2.24, 2.45) is 10.7 Å². The molecule has 2 saturated heterocycles. The number of nitrogens with zero attached hydrogens (tertiary/aromatic N) is 2. The Morgan fingerprint density at radius 1 is 1.29 bits per heavy atom. The Morgan fingerprint density at radius 3 is 2.59 bits per heavy atom. The SMILES string of the molecule is NC(=NCC1(O)CCSC1)N1CCCCCC1. The molecule has 1 unspecified atom stereocenters. The van der Waals surface area contributed by atoms with Gasteiger partial charge in [-0.1, -0.05) is 12.8 Å². The van der Waals surface area contributed by atoms with Crippen LogP contribution < -0.4 is 5.73 Å². The highest BCUT2D eigenvalue weighted by atomic mass is 32.2. The van der Waals surface area contributed by atoms with Gasteiger partial charge in [0.1, 0.15) is 0 Å². The number of likely N-dealkylation sites (tertiary alicyclic amines) is 1. The maximum absolute atomic E-state index is 10.2. The number of rotatable bonds is 2. The lowest BCUT2D eigenvalue weighted by Crippen LogP contribution is -2.40. The number of aliphatic hydroxyl groups is 1. The molecule has 0 aromatic heterocycles. The van der Waals surface area contributed by atoms with Gasteiger partial charge in [-0.05, 0) is 25.0 Å². The van der Waals surface area contributed by atoms with Crippen molar-refractivity contribution >= 4 is 17.7 Å². The van der Waals surface area contributed by atoms with Gasteiger partial charge >= 0.3 is 0 Å². The van der Waals surface area contributed by atoms with Crippen LogP contribution in [0.2, 0.25) is 0 Å². The summed E-state index contributed by atoms with van der Waals surface area (Å²) in [5, 5.41) is 10.2. The Morgan fingerprint density at radius 2 is 2.00 bits per heavy atom. The first-order chi connectivity index (χ1) is 8.20. The summed E-state index contributed by atoms with van der Waals surface area (Å²) in [6.07, 6.45) is 5.84. The van der Waals surface area contributed by atoms with Gasteiger partial charge in [-0.25, -0.2) is 0 Å². The number of thioether (sulfide) groups is 1. The van der Waals surface area contributed by atoms with Gasteiger partial charge in [-0.15, -0.1) is 0 Å². The summed E-state index contributed by atoms with van der Waals surface area (Å²) in [5.74, 6) is 2.46. The first-order valence-corrected chi connectivity index (χ1v) is 7.70. The van der Waals surface area contributed by atoms with Gasteiger partial charge in [-0.2, -0.15) is 11.8 Å². The minimum Gasteiger partial charge on any atom is -0.387 e. The number of hydrogen-bond acceptors (Lipinski definition) is 3. The monoisotopic (exact) mass is 257 g/mol. The van der Waals surface area contributed by atoms with Crippen molar-refractivity contribution < 1.29 is 5.11 Å². The summed E-state index contributed by atoms with van der Waals surface area (Å²) >= 11 is 1.80. The lowest BCUT2D eigenvalue weighted by Gasteiger charge is -2.23. The van der Waals surface area contributed by atoms with Gasteiger partial charge in [0.05, 0.1) is 12.1 Å². The van der Waals surface area contributed by atoms with Crippen LogP contribution >= 0.6 is 11.8 Å². The van der Waals surface area contributed by atoms with Gasteiger partial charge < -0.3 is 15.7 Å². The van der Waals surface area contributed by atoms with Crippen molar-refractivity contribution in [1.29, 1.82) is 0 Å². The molecule has 0 amide bonds. The highest BCUT2D eigenvalue weighted by molar-refractivity contribution is 7.99. The maximum atomic E-state index is 10.2. The van der Waals surface area contributed by atoms with Crippen LogP contribution in [-0.2, 0) is 0 Å². The van der Waals surface area contributed by atoms with Crippen LogP contribution in [0.15, 0.2) is 4.99 Å². The molecule has 0 aromatic carbocycles. The first-order valence-electron chi connectivity index (χ1n) is 6.55. The Labute approximate surface area is 108 Å². The van der Waals surface area contributed by atoms with Crippen molar-refractivity contribution in [2.75, 3.05) is 31.1 Å². The van der Waals surface area contributed by atoms with Crippen molar-refractivity contribution in [3.63, 3.8) is 0 Å². The molecular weight excluding hydrogens is 234 g/mol. The van der Waals surface area contributed by atoms with Crippen LogP contribution in [0.4, 0.5) is 0 Å².